The Morgan fingerprint density at radius 3 is 2.74 bits per heavy atom. The zero-order chi connectivity index (χ0) is 16.1. The summed E-state index contributed by atoms with van der Waals surface area (Å²) in [6.45, 7) is 1.71. The van der Waals surface area contributed by atoms with E-state index in [1.165, 1.54) is 12.1 Å². The number of anilines is 1. The topological polar surface area (TPSA) is 98.8 Å². The summed E-state index contributed by atoms with van der Waals surface area (Å²) >= 11 is 0. The molecule has 3 rings (SSSR count). The van der Waals surface area contributed by atoms with E-state index in [1.54, 1.807) is 18.7 Å². The molecule has 2 heterocycles. The summed E-state index contributed by atoms with van der Waals surface area (Å²) in [6.07, 6.45) is 5.43. The lowest BCUT2D eigenvalue weighted by molar-refractivity contribution is -0.384. The summed E-state index contributed by atoms with van der Waals surface area (Å²) in [4.78, 5) is 14.8. The number of nitrogens with one attached hydrogen (secondary N) is 1. The van der Waals surface area contributed by atoms with Crippen molar-refractivity contribution in [1.29, 1.82) is 0 Å². The van der Waals surface area contributed by atoms with E-state index in [9.17, 15) is 10.1 Å². The van der Waals surface area contributed by atoms with E-state index in [0.717, 1.165) is 42.7 Å². The number of pyridine rings is 1. The highest BCUT2D eigenvalue weighted by molar-refractivity contribution is 5.82. The highest BCUT2D eigenvalue weighted by Crippen LogP contribution is 2.21. The number of nitrogens with zero attached hydrogens (tertiary/aromatic N) is 5. The number of nitro benzene ring substituents is 1. The largest absolute Gasteiger partial charge is 0.370 e. The molecule has 0 aliphatic carbocycles. The molecule has 0 saturated heterocycles. The Bertz CT molecular complexity index is 803. The van der Waals surface area contributed by atoms with Gasteiger partial charge in [-0.25, -0.2) is 4.98 Å². The molecule has 0 fully saturated rings. The first kappa shape index (κ1) is 14.9. The Hall–Kier alpha value is -3.03. The van der Waals surface area contributed by atoms with Crippen molar-refractivity contribution in [3.05, 3.63) is 53.1 Å². The smallest absolute Gasteiger partial charge is 0.270 e. The van der Waals surface area contributed by atoms with Crippen LogP contribution in [0.15, 0.2) is 43.0 Å². The van der Waals surface area contributed by atoms with Crippen LogP contribution in [0.1, 0.15) is 12.8 Å². The van der Waals surface area contributed by atoms with Gasteiger partial charge in [-0.15, -0.1) is 10.2 Å². The van der Waals surface area contributed by atoms with Gasteiger partial charge in [0.15, 0.2) is 0 Å². The van der Waals surface area contributed by atoms with E-state index in [1.807, 2.05) is 16.7 Å². The number of hydrogen-bond acceptors (Lipinski definition) is 6. The molecule has 0 unspecified atom stereocenters. The molecule has 118 valence electrons. The van der Waals surface area contributed by atoms with Gasteiger partial charge in [0.25, 0.3) is 5.69 Å². The fourth-order valence-corrected chi connectivity index (χ4v) is 2.30. The molecule has 0 spiro atoms. The molecule has 0 aliphatic heterocycles. The minimum absolute atomic E-state index is 0.0778. The molecular weight excluding hydrogens is 296 g/mol. The molecule has 1 N–H and O–H groups in total. The normalized spacial score (nSPS) is 10.8. The first-order valence-corrected chi connectivity index (χ1v) is 7.34. The number of non-ortho nitro benzene ring substituents is 1. The van der Waals surface area contributed by atoms with Crippen molar-refractivity contribution in [1.82, 2.24) is 19.7 Å². The first-order valence-electron chi connectivity index (χ1n) is 7.34. The second-order valence-electron chi connectivity index (χ2n) is 5.16. The molecule has 8 heteroatoms. The number of fused-ring (bicyclic) bond motifs is 1. The Morgan fingerprint density at radius 1 is 1.13 bits per heavy atom. The fourth-order valence-electron chi connectivity index (χ4n) is 2.30. The van der Waals surface area contributed by atoms with E-state index in [4.69, 9.17) is 0 Å². The Kier molecular flexibility index (Phi) is 4.41. The van der Waals surface area contributed by atoms with Crippen LogP contribution in [0.3, 0.4) is 0 Å². The molecule has 0 radical (unpaired) electrons. The summed E-state index contributed by atoms with van der Waals surface area (Å²) in [7, 11) is 0. The van der Waals surface area contributed by atoms with Crippen molar-refractivity contribution in [2.45, 2.75) is 19.4 Å². The number of unbranched alkanes of at least 4 members (excludes halogenated alkanes) is 1. The average Bonchev–Trinajstić information content (AvgIpc) is 3.07. The lowest BCUT2D eigenvalue weighted by Crippen LogP contribution is -2.05. The number of benzene rings is 1. The molecule has 23 heavy (non-hydrogen) atoms. The van der Waals surface area contributed by atoms with Gasteiger partial charge in [0.2, 0.25) is 0 Å². The standard InChI is InChI=1S/C15H16N6O2/c22-21(23)13-4-5-14-12(9-13)3-6-15(19-14)16-7-1-2-8-20-10-17-18-11-20/h3-6,9-11H,1-2,7-8H2,(H,16,19). The van der Waals surface area contributed by atoms with E-state index >= 15 is 0 Å². The molecule has 0 atom stereocenters. The molecule has 2 aromatic heterocycles. The molecule has 1 aromatic carbocycles. The van der Waals surface area contributed by atoms with Gasteiger partial charge in [0.05, 0.1) is 10.4 Å². The molecule has 0 aliphatic rings. The minimum Gasteiger partial charge on any atom is -0.370 e. The Labute approximate surface area is 132 Å². The maximum atomic E-state index is 10.8. The lowest BCUT2D eigenvalue weighted by atomic mass is 10.2. The van der Waals surface area contributed by atoms with Crippen molar-refractivity contribution in [2.75, 3.05) is 11.9 Å². The fraction of sp³-hybridized carbons (Fsp3) is 0.267. The van der Waals surface area contributed by atoms with Crippen molar-refractivity contribution >= 4 is 22.4 Å². The van der Waals surface area contributed by atoms with Crippen LogP contribution in [0.4, 0.5) is 11.5 Å². The number of nitro groups is 1. The third-order valence-electron chi connectivity index (χ3n) is 3.50. The van der Waals surface area contributed by atoms with Crippen LogP contribution in [-0.4, -0.2) is 31.2 Å². The Balaban J connectivity index is 1.54. The Morgan fingerprint density at radius 2 is 1.96 bits per heavy atom. The second-order valence-corrected chi connectivity index (χ2v) is 5.16. The molecular formula is C15H16N6O2. The van der Waals surface area contributed by atoms with Gasteiger partial charge in [-0.2, -0.15) is 0 Å². The van der Waals surface area contributed by atoms with Crippen molar-refractivity contribution in [3.63, 3.8) is 0 Å². The maximum Gasteiger partial charge on any atom is 0.270 e. The molecule has 8 nitrogen and oxygen atoms in total. The molecule has 0 bridgehead atoms. The summed E-state index contributed by atoms with van der Waals surface area (Å²) in [5.41, 5.74) is 0.819. The van der Waals surface area contributed by atoms with E-state index in [-0.39, 0.29) is 5.69 Å². The summed E-state index contributed by atoms with van der Waals surface area (Å²) in [5, 5.41) is 22.3. The van der Waals surface area contributed by atoms with Gasteiger partial charge < -0.3 is 9.88 Å². The third-order valence-corrected chi connectivity index (χ3v) is 3.50. The van der Waals surface area contributed by atoms with Gasteiger partial charge >= 0.3 is 0 Å². The number of rotatable bonds is 7. The van der Waals surface area contributed by atoms with Gasteiger partial charge in [-0.1, -0.05) is 0 Å². The third kappa shape index (κ3) is 3.79. The monoisotopic (exact) mass is 312 g/mol. The van der Waals surface area contributed by atoms with Crippen LogP contribution in [0.2, 0.25) is 0 Å². The van der Waals surface area contributed by atoms with Crippen LogP contribution in [0.5, 0.6) is 0 Å². The van der Waals surface area contributed by atoms with Gasteiger partial charge in [0, 0.05) is 30.6 Å². The van der Waals surface area contributed by atoms with Gasteiger partial charge in [-0.05, 0) is 31.0 Å². The molecule has 0 saturated carbocycles. The van der Waals surface area contributed by atoms with Crippen molar-refractivity contribution < 1.29 is 4.92 Å². The number of hydrogen-bond donors (Lipinski definition) is 1. The minimum atomic E-state index is -0.401. The highest BCUT2D eigenvalue weighted by atomic mass is 16.6. The summed E-state index contributed by atoms with van der Waals surface area (Å²) < 4.78 is 1.95. The maximum absolute atomic E-state index is 10.8. The molecule has 0 amide bonds. The quantitative estimate of drug-likeness (QED) is 0.409. The zero-order valence-corrected chi connectivity index (χ0v) is 12.4. The van der Waals surface area contributed by atoms with Crippen LogP contribution in [-0.2, 0) is 6.54 Å². The van der Waals surface area contributed by atoms with Crippen LogP contribution >= 0.6 is 0 Å². The lowest BCUT2D eigenvalue weighted by Gasteiger charge is -2.07. The van der Waals surface area contributed by atoms with Crippen molar-refractivity contribution in [2.24, 2.45) is 0 Å². The average molecular weight is 312 g/mol. The van der Waals surface area contributed by atoms with Crippen LogP contribution < -0.4 is 5.32 Å². The van der Waals surface area contributed by atoms with E-state index in [2.05, 4.69) is 20.5 Å². The van der Waals surface area contributed by atoms with E-state index < -0.39 is 4.92 Å². The zero-order valence-electron chi connectivity index (χ0n) is 12.4. The second kappa shape index (κ2) is 6.82. The highest BCUT2D eigenvalue weighted by Gasteiger charge is 2.07. The predicted octanol–water partition coefficient (Wildman–Crippen LogP) is 2.63. The van der Waals surface area contributed by atoms with Gasteiger partial charge in [-0.3, -0.25) is 10.1 Å². The first-order chi connectivity index (χ1) is 11.2. The SMILES string of the molecule is O=[N+]([O-])c1ccc2nc(NCCCCn3cnnc3)ccc2c1. The summed E-state index contributed by atoms with van der Waals surface area (Å²) in [6, 6.07) is 8.36. The van der Waals surface area contributed by atoms with Gasteiger partial charge in [0.1, 0.15) is 18.5 Å². The number of aromatic nitrogens is 4. The number of aryl methyl sites for hydroxylation is 1. The van der Waals surface area contributed by atoms with Crippen LogP contribution in [0.25, 0.3) is 10.9 Å². The summed E-state index contributed by atoms with van der Waals surface area (Å²) in [5.74, 6) is 0.774. The molecule has 3 aromatic rings. The van der Waals surface area contributed by atoms with Crippen molar-refractivity contribution in [3.8, 4) is 0 Å². The van der Waals surface area contributed by atoms with Crippen LogP contribution in [0, 0.1) is 10.1 Å². The predicted molar refractivity (Wildman–Crippen MR) is 86.1 cm³/mol. The van der Waals surface area contributed by atoms with E-state index in [0.29, 0.717) is 0 Å².